The number of hydrogen-bond acceptors (Lipinski definition) is 4. The van der Waals surface area contributed by atoms with Gasteiger partial charge in [-0.15, -0.1) is 0 Å². The van der Waals surface area contributed by atoms with Gasteiger partial charge in [0.25, 0.3) is 0 Å². The first kappa shape index (κ1) is 14.6. The van der Waals surface area contributed by atoms with Crippen LogP contribution in [0.4, 0.5) is 0 Å². The van der Waals surface area contributed by atoms with Gasteiger partial charge in [0, 0.05) is 18.5 Å². The van der Waals surface area contributed by atoms with Crippen LogP contribution in [0.1, 0.15) is 11.1 Å². The average molecular weight is 285 g/mol. The molecule has 5 heteroatoms. The van der Waals surface area contributed by atoms with Crippen LogP contribution in [-0.2, 0) is 11.4 Å². The maximum atomic E-state index is 10.5. The van der Waals surface area contributed by atoms with Crippen LogP contribution in [0.5, 0.6) is 11.5 Å². The van der Waals surface area contributed by atoms with E-state index in [9.17, 15) is 4.79 Å². The highest BCUT2D eigenvalue weighted by atomic mass is 16.5. The first-order chi connectivity index (χ1) is 10.2. The molecule has 108 valence electrons. The van der Waals surface area contributed by atoms with Gasteiger partial charge in [-0.1, -0.05) is 6.07 Å². The molecule has 1 heterocycles. The summed E-state index contributed by atoms with van der Waals surface area (Å²) in [5.41, 5.74) is 1.71. The molecule has 0 atom stereocenters. The molecule has 21 heavy (non-hydrogen) atoms. The number of carbonyl (C=O) groups is 1. The van der Waals surface area contributed by atoms with Crippen molar-refractivity contribution in [3.8, 4) is 11.5 Å². The summed E-state index contributed by atoms with van der Waals surface area (Å²) in [6.07, 6.45) is 5.97. The van der Waals surface area contributed by atoms with E-state index in [0.717, 1.165) is 17.2 Å². The van der Waals surface area contributed by atoms with Crippen LogP contribution in [0.25, 0.3) is 6.08 Å². The standard InChI is InChI=1S/C16H15NO4/c1-20-14-4-2-12(3-5-16(18)19)10-15(14)21-11-13-6-8-17-9-7-13/h2-10H,11H2,1H3,(H,18,19)/b5-3+. The Bertz CT molecular complexity index is 638. The number of carboxylic acids is 1. The molecule has 1 aromatic heterocycles. The summed E-state index contributed by atoms with van der Waals surface area (Å²) < 4.78 is 11.0. The zero-order valence-corrected chi connectivity index (χ0v) is 11.5. The summed E-state index contributed by atoms with van der Waals surface area (Å²) >= 11 is 0. The zero-order chi connectivity index (χ0) is 15.1. The largest absolute Gasteiger partial charge is 0.493 e. The first-order valence-corrected chi connectivity index (χ1v) is 6.30. The molecule has 0 radical (unpaired) electrons. The third-order valence-electron chi connectivity index (χ3n) is 2.75. The van der Waals surface area contributed by atoms with Crippen LogP contribution in [-0.4, -0.2) is 23.2 Å². The van der Waals surface area contributed by atoms with E-state index in [2.05, 4.69) is 4.98 Å². The summed E-state index contributed by atoms with van der Waals surface area (Å²) in [7, 11) is 1.56. The molecule has 0 fully saturated rings. The third kappa shape index (κ3) is 4.35. The number of nitrogens with zero attached hydrogens (tertiary/aromatic N) is 1. The highest BCUT2D eigenvalue weighted by Crippen LogP contribution is 2.29. The van der Waals surface area contributed by atoms with Crippen molar-refractivity contribution in [1.82, 2.24) is 4.98 Å². The van der Waals surface area contributed by atoms with Crippen molar-refractivity contribution in [3.05, 3.63) is 59.9 Å². The first-order valence-electron chi connectivity index (χ1n) is 6.30. The number of aliphatic carboxylic acids is 1. The minimum atomic E-state index is -0.995. The van der Waals surface area contributed by atoms with Gasteiger partial charge in [-0.25, -0.2) is 4.79 Å². The summed E-state index contributed by atoms with van der Waals surface area (Å²) in [4.78, 5) is 14.5. The second-order valence-corrected chi connectivity index (χ2v) is 4.23. The van der Waals surface area contributed by atoms with Gasteiger partial charge < -0.3 is 14.6 Å². The molecule has 5 nitrogen and oxygen atoms in total. The zero-order valence-electron chi connectivity index (χ0n) is 11.5. The number of benzene rings is 1. The Morgan fingerprint density at radius 3 is 2.67 bits per heavy atom. The fraction of sp³-hybridized carbons (Fsp3) is 0.125. The molecule has 0 amide bonds. The van der Waals surface area contributed by atoms with Crippen LogP contribution in [0.15, 0.2) is 48.8 Å². The van der Waals surface area contributed by atoms with Crippen LogP contribution < -0.4 is 9.47 Å². The molecule has 1 aromatic carbocycles. The Morgan fingerprint density at radius 2 is 2.00 bits per heavy atom. The average Bonchev–Trinajstić information content (AvgIpc) is 2.52. The molecule has 0 aliphatic rings. The van der Waals surface area contributed by atoms with Gasteiger partial charge in [0.15, 0.2) is 11.5 Å². The lowest BCUT2D eigenvalue weighted by Gasteiger charge is -2.11. The third-order valence-corrected chi connectivity index (χ3v) is 2.75. The molecule has 2 aromatic rings. The van der Waals surface area contributed by atoms with Crippen molar-refractivity contribution in [2.45, 2.75) is 6.61 Å². The Balaban J connectivity index is 2.16. The molecule has 2 rings (SSSR count). The van der Waals surface area contributed by atoms with Crippen molar-refractivity contribution in [2.75, 3.05) is 7.11 Å². The number of rotatable bonds is 6. The summed E-state index contributed by atoms with van der Waals surface area (Å²) in [5.74, 6) is 0.156. The minimum absolute atomic E-state index is 0.380. The van der Waals surface area contributed by atoms with Crippen LogP contribution >= 0.6 is 0 Å². The summed E-state index contributed by atoms with van der Waals surface area (Å²) in [6, 6.07) is 8.96. The smallest absolute Gasteiger partial charge is 0.328 e. The van der Waals surface area contributed by atoms with E-state index in [1.807, 2.05) is 12.1 Å². The maximum Gasteiger partial charge on any atom is 0.328 e. The summed E-state index contributed by atoms with van der Waals surface area (Å²) in [6.45, 7) is 0.380. The van der Waals surface area contributed by atoms with Gasteiger partial charge in [-0.3, -0.25) is 4.98 Å². The molecule has 0 unspecified atom stereocenters. The van der Waals surface area contributed by atoms with Gasteiger partial charge in [0.2, 0.25) is 0 Å². The minimum Gasteiger partial charge on any atom is -0.493 e. The number of hydrogen-bond donors (Lipinski definition) is 1. The van der Waals surface area contributed by atoms with E-state index in [0.29, 0.717) is 18.1 Å². The molecule has 0 bridgehead atoms. The van der Waals surface area contributed by atoms with Crippen molar-refractivity contribution >= 4 is 12.0 Å². The van der Waals surface area contributed by atoms with Crippen LogP contribution in [0, 0.1) is 0 Å². The monoisotopic (exact) mass is 285 g/mol. The molecular formula is C16H15NO4. The highest BCUT2D eigenvalue weighted by molar-refractivity contribution is 5.85. The molecule has 0 aliphatic heterocycles. The lowest BCUT2D eigenvalue weighted by molar-refractivity contribution is -0.131. The molecule has 0 saturated carbocycles. The van der Waals surface area contributed by atoms with Crippen LogP contribution in [0.3, 0.4) is 0 Å². The van der Waals surface area contributed by atoms with E-state index >= 15 is 0 Å². The van der Waals surface area contributed by atoms with Gasteiger partial charge in [0.1, 0.15) is 6.61 Å². The Morgan fingerprint density at radius 1 is 1.24 bits per heavy atom. The van der Waals surface area contributed by atoms with E-state index in [4.69, 9.17) is 14.6 Å². The Kier molecular flexibility index (Phi) is 4.93. The second kappa shape index (κ2) is 7.09. The Hall–Kier alpha value is -2.82. The number of carboxylic acid groups (broad SMARTS) is 1. The fourth-order valence-corrected chi connectivity index (χ4v) is 1.72. The number of methoxy groups -OCH3 is 1. The molecular weight excluding hydrogens is 270 g/mol. The molecule has 1 N–H and O–H groups in total. The number of pyridine rings is 1. The van der Waals surface area contributed by atoms with E-state index in [1.54, 1.807) is 37.7 Å². The van der Waals surface area contributed by atoms with E-state index < -0.39 is 5.97 Å². The number of aromatic nitrogens is 1. The van der Waals surface area contributed by atoms with Gasteiger partial charge in [-0.2, -0.15) is 0 Å². The fourth-order valence-electron chi connectivity index (χ4n) is 1.72. The van der Waals surface area contributed by atoms with Crippen LogP contribution in [0.2, 0.25) is 0 Å². The van der Waals surface area contributed by atoms with Crippen molar-refractivity contribution < 1.29 is 19.4 Å². The number of ether oxygens (including phenoxy) is 2. The van der Waals surface area contributed by atoms with Crippen molar-refractivity contribution in [3.63, 3.8) is 0 Å². The normalized spacial score (nSPS) is 10.5. The summed E-state index contributed by atoms with van der Waals surface area (Å²) in [5, 5.41) is 8.65. The lowest BCUT2D eigenvalue weighted by Crippen LogP contribution is -1.98. The van der Waals surface area contributed by atoms with Crippen molar-refractivity contribution in [2.24, 2.45) is 0 Å². The maximum absolute atomic E-state index is 10.5. The quantitative estimate of drug-likeness (QED) is 0.826. The molecule has 0 aliphatic carbocycles. The predicted molar refractivity (Wildman–Crippen MR) is 78.2 cm³/mol. The highest BCUT2D eigenvalue weighted by Gasteiger charge is 2.05. The lowest BCUT2D eigenvalue weighted by atomic mass is 10.2. The van der Waals surface area contributed by atoms with Crippen molar-refractivity contribution in [1.29, 1.82) is 0 Å². The van der Waals surface area contributed by atoms with E-state index in [1.165, 1.54) is 6.08 Å². The van der Waals surface area contributed by atoms with Gasteiger partial charge in [-0.05, 0) is 41.5 Å². The van der Waals surface area contributed by atoms with E-state index in [-0.39, 0.29) is 0 Å². The molecule has 0 spiro atoms. The Labute approximate surface area is 122 Å². The second-order valence-electron chi connectivity index (χ2n) is 4.23. The topological polar surface area (TPSA) is 68.7 Å². The van der Waals surface area contributed by atoms with Gasteiger partial charge in [0.05, 0.1) is 7.11 Å². The van der Waals surface area contributed by atoms with Gasteiger partial charge >= 0.3 is 5.97 Å². The predicted octanol–water partition coefficient (Wildman–Crippen LogP) is 2.77. The SMILES string of the molecule is COc1ccc(/C=C/C(=O)O)cc1OCc1ccncc1. The molecule has 0 saturated heterocycles.